The average Bonchev–Trinajstić information content (AvgIpc) is 3.41. The van der Waals surface area contributed by atoms with Crippen molar-refractivity contribution in [2.75, 3.05) is 13.1 Å². The second-order valence-corrected chi connectivity index (χ2v) is 7.86. The number of amides is 1. The molecule has 2 aliphatic heterocycles. The van der Waals surface area contributed by atoms with Gasteiger partial charge in [-0.1, -0.05) is 17.3 Å². The quantitative estimate of drug-likeness (QED) is 0.624. The molecule has 172 valence electrons. The van der Waals surface area contributed by atoms with E-state index < -0.39 is 6.36 Å². The number of carbonyl (C=O) groups is 1. The number of aromatic nitrogens is 4. The molecule has 1 saturated heterocycles. The molecule has 9 nitrogen and oxygen atoms in total. The summed E-state index contributed by atoms with van der Waals surface area (Å²) < 4.78 is 47.8. The number of aliphatic imine (C=N–C) groups is 1. The van der Waals surface area contributed by atoms with Crippen LogP contribution in [0.4, 0.5) is 13.2 Å². The Morgan fingerprint density at radius 2 is 1.94 bits per heavy atom. The minimum Gasteiger partial charge on any atom is -0.406 e. The third-order valence-electron chi connectivity index (χ3n) is 5.57. The molecule has 3 aromatic rings. The summed E-state index contributed by atoms with van der Waals surface area (Å²) in [6.45, 7) is 1.72. The number of halogens is 3. The molecular formula is C21H19F3N6O3. The van der Waals surface area contributed by atoms with E-state index in [0.29, 0.717) is 28.5 Å². The van der Waals surface area contributed by atoms with Gasteiger partial charge in [-0.3, -0.25) is 4.79 Å². The number of nitrogens with zero attached hydrogens (tertiary/aromatic N) is 5. The van der Waals surface area contributed by atoms with Crippen LogP contribution in [0.25, 0.3) is 11.4 Å². The Kier molecular flexibility index (Phi) is 5.44. The number of benzene rings is 1. The first-order valence-corrected chi connectivity index (χ1v) is 10.4. The van der Waals surface area contributed by atoms with Crippen LogP contribution in [-0.4, -0.2) is 51.1 Å². The van der Waals surface area contributed by atoms with Crippen molar-refractivity contribution >= 4 is 11.7 Å². The maximum absolute atomic E-state index is 12.3. The van der Waals surface area contributed by atoms with E-state index in [1.165, 1.54) is 24.3 Å². The summed E-state index contributed by atoms with van der Waals surface area (Å²) in [6, 6.07) is 5.43. The fourth-order valence-electron chi connectivity index (χ4n) is 4.05. The smallest absolute Gasteiger partial charge is 0.406 e. The van der Waals surface area contributed by atoms with Crippen molar-refractivity contribution in [2.24, 2.45) is 10.9 Å². The SMILES string of the molecule is O=C1Cc2c(-c3noc(Cc4ccc(OC(F)(F)F)cc4)n3)cnn2C(C2CCNCC2)=N1. The Morgan fingerprint density at radius 3 is 2.67 bits per heavy atom. The molecule has 5 rings (SSSR count). The number of hydrogen-bond acceptors (Lipinski definition) is 7. The van der Waals surface area contributed by atoms with E-state index in [9.17, 15) is 18.0 Å². The minimum atomic E-state index is -4.74. The van der Waals surface area contributed by atoms with Crippen LogP contribution in [0, 0.1) is 5.92 Å². The summed E-state index contributed by atoms with van der Waals surface area (Å²) in [5.74, 6) is 0.833. The van der Waals surface area contributed by atoms with Gasteiger partial charge in [0.05, 0.1) is 30.3 Å². The molecule has 4 heterocycles. The molecule has 0 atom stereocenters. The molecule has 0 unspecified atom stereocenters. The normalized spacial score (nSPS) is 17.1. The highest BCUT2D eigenvalue weighted by Crippen LogP contribution is 2.28. The van der Waals surface area contributed by atoms with Crippen molar-refractivity contribution < 1.29 is 27.2 Å². The molecule has 33 heavy (non-hydrogen) atoms. The lowest BCUT2D eigenvalue weighted by Crippen LogP contribution is -2.38. The van der Waals surface area contributed by atoms with Gasteiger partial charge in [-0.05, 0) is 43.6 Å². The molecule has 1 aromatic carbocycles. The van der Waals surface area contributed by atoms with Crippen molar-refractivity contribution in [1.29, 1.82) is 0 Å². The Bertz CT molecular complexity index is 1190. The molecular weight excluding hydrogens is 441 g/mol. The van der Waals surface area contributed by atoms with Crippen LogP contribution in [0.15, 0.2) is 40.0 Å². The standard InChI is InChI=1S/C21H19F3N6O3/c22-21(23,24)32-14-3-1-12(2-4-14)9-18-28-19(29-33-18)15-11-26-30-16(15)10-17(31)27-20(30)13-5-7-25-8-6-13/h1-4,11,13,25H,5-10H2. The van der Waals surface area contributed by atoms with Crippen molar-refractivity contribution in [3.05, 3.63) is 47.6 Å². The molecule has 0 aliphatic carbocycles. The van der Waals surface area contributed by atoms with Gasteiger partial charge in [0, 0.05) is 5.92 Å². The monoisotopic (exact) mass is 460 g/mol. The molecule has 0 saturated carbocycles. The van der Waals surface area contributed by atoms with E-state index in [1.807, 2.05) is 0 Å². The molecule has 0 radical (unpaired) electrons. The molecule has 2 aliphatic rings. The van der Waals surface area contributed by atoms with E-state index in [1.54, 1.807) is 10.9 Å². The van der Waals surface area contributed by atoms with E-state index in [-0.39, 0.29) is 36.3 Å². The predicted molar refractivity (Wildman–Crippen MR) is 109 cm³/mol. The summed E-state index contributed by atoms with van der Waals surface area (Å²) in [5, 5.41) is 11.8. The summed E-state index contributed by atoms with van der Waals surface area (Å²) in [7, 11) is 0. The number of hydrogen-bond donors (Lipinski definition) is 1. The number of fused-ring (bicyclic) bond motifs is 1. The molecule has 1 N–H and O–H groups in total. The summed E-state index contributed by atoms with van der Waals surface area (Å²) in [6.07, 6.45) is -1.08. The molecule has 1 fully saturated rings. The van der Waals surface area contributed by atoms with Gasteiger partial charge >= 0.3 is 6.36 Å². The van der Waals surface area contributed by atoms with Crippen LogP contribution < -0.4 is 10.1 Å². The maximum Gasteiger partial charge on any atom is 0.573 e. The third kappa shape index (κ3) is 4.65. The molecule has 0 bridgehead atoms. The Hall–Kier alpha value is -3.54. The van der Waals surface area contributed by atoms with Crippen LogP contribution in [0.1, 0.15) is 30.0 Å². The van der Waals surface area contributed by atoms with Gasteiger partial charge in [0.1, 0.15) is 11.6 Å². The highest BCUT2D eigenvalue weighted by molar-refractivity contribution is 6.01. The first-order valence-electron chi connectivity index (χ1n) is 10.4. The van der Waals surface area contributed by atoms with Gasteiger partial charge in [0.25, 0.3) is 5.91 Å². The predicted octanol–water partition coefficient (Wildman–Crippen LogP) is 2.75. The minimum absolute atomic E-state index is 0.0916. The maximum atomic E-state index is 12.3. The number of ether oxygens (including phenoxy) is 1. The largest absolute Gasteiger partial charge is 0.573 e. The number of alkyl halides is 3. The van der Waals surface area contributed by atoms with Crippen molar-refractivity contribution in [1.82, 2.24) is 25.2 Å². The van der Waals surface area contributed by atoms with Gasteiger partial charge in [0.15, 0.2) is 0 Å². The fourth-order valence-corrected chi connectivity index (χ4v) is 4.05. The van der Waals surface area contributed by atoms with Crippen molar-refractivity contribution in [3.8, 4) is 17.1 Å². The summed E-state index contributed by atoms with van der Waals surface area (Å²) in [5.41, 5.74) is 1.94. The van der Waals surface area contributed by atoms with E-state index >= 15 is 0 Å². The first kappa shape index (κ1) is 21.3. The second kappa shape index (κ2) is 8.43. The number of nitrogens with one attached hydrogen (secondary N) is 1. The van der Waals surface area contributed by atoms with Gasteiger partial charge in [0.2, 0.25) is 11.7 Å². The first-order chi connectivity index (χ1) is 15.9. The highest BCUT2D eigenvalue weighted by Gasteiger charge is 2.32. The van der Waals surface area contributed by atoms with Crippen molar-refractivity contribution in [2.45, 2.75) is 32.0 Å². The zero-order chi connectivity index (χ0) is 23.0. The molecule has 1 amide bonds. The van der Waals surface area contributed by atoms with Crippen LogP contribution in [0.5, 0.6) is 5.75 Å². The number of piperidine rings is 1. The Labute approximate surface area is 185 Å². The molecule has 0 spiro atoms. The molecule has 12 heteroatoms. The van der Waals surface area contributed by atoms with Crippen molar-refractivity contribution in [3.63, 3.8) is 0 Å². The Balaban J connectivity index is 1.34. The van der Waals surface area contributed by atoms with E-state index in [2.05, 4.69) is 30.3 Å². The highest BCUT2D eigenvalue weighted by atomic mass is 19.4. The lowest BCUT2D eigenvalue weighted by atomic mass is 9.95. The Morgan fingerprint density at radius 1 is 1.18 bits per heavy atom. The van der Waals surface area contributed by atoms with Crippen LogP contribution >= 0.6 is 0 Å². The van der Waals surface area contributed by atoms with Crippen LogP contribution in [0.3, 0.4) is 0 Å². The third-order valence-corrected chi connectivity index (χ3v) is 5.57. The lowest BCUT2D eigenvalue weighted by Gasteiger charge is -2.26. The topological polar surface area (TPSA) is 107 Å². The van der Waals surface area contributed by atoms with E-state index in [0.717, 1.165) is 25.9 Å². The van der Waals surface area contributed by atoms with Crippen LogP contribution in [-0.2, 0) is 17.6 Å². The van der Waals surface area contributed by atoms with Crippen LogP contribution in [0.2, 0.25) is 0 Å². The second-order valence-electron chi connectivity index (χ2n) is 7.86. The summed E-state index contributed by atoms with van der Waals surface area (Å²) in [4.78, 5) is 21.0. The lowest BCUT2D eigenvalue weighted by molar-refractivity contribution is -0.274. The number of rotatable bonds is 5. The van der Waals surface area contributed by atoms with Gasteiger partial charge in [-0.15, -0.1) is 13.2 Å². The van der Waals surface area contributed by atoms with E-state index in [4.69, 9.17) is 4.52 Å². The summed E-state index contributed by atoms with van der Waals surface area (Å²) >= 11 is 0. The zero-order valence-corrected chi connectivity index (χ0v) is 17.3. The van der Waals surface area contributed by atoms with Gasteiger partial charge < -0.3 is 14.6 Å². The number of carbonyl (C=O) groups excluding carboxylic acids is 1. The zero-order valence-electron chi connectivity index (χ0n) is 17.3. The average molecular weight is 460 g/mol. The molecule has 2 aromatic heterocycles. The van der Waals surface area contributed by atoms with Gasteiger partial charge in [-0.2, -0.15) is 15.1 Å². The fraction of sp³-hybridized carbons (Fsp3) is 0.381. The van der Waals surface area contributed by atoms with Gasteiger partial charge in [-0.25, -0.2) is 4.68 Å².